The predicted molar refractivity (Wildman–Crippen MR) is 471 cm³/mol. The maximum Gasteiger partial charge on any atom is 0.0542 e. The Labute approximate surface area is 650 Å². The number of para-hydroxylation sites is 4. The first kappa shape index (κ1) is 65.3. The number of nitrogens with zero attached hydrogens (tertiary/aromatic N) is 6. The average Bonchev–Trinajstić information content (AvgIpc) is 1.58. The van der Waals surface area contributed by atoms with Gasteiger partial charge in [0.2, 0.25) is 0 Å². The first-order valence-corrected chi connectivity index (χ1v) is 38.4. The van der Waals surface area contributed by atoms with E-state index in [2.05, 4.69) is 465 Å². The molecule has 17 aromatic carbocycles. The van der Waals surface area contributed by atoms with Crippen LogP contribution in [-0.2, 0) is 0 Å². The molecule has 0 aliphatic rings. The molecule has 6 nitrogen and oxygen atoms in total. The van der Waals surface area contributed by atoms with Crippen molar-refractivity contribution in [2.75, 3.05) is 9.80 Å². The molecule has 0 saturated carbocycles. The monoisotopic (exact) mass is 1430 g/mol. The molecular weight excluding hydrogens is 1360 g/mol. The summed E-state index contributed by atoms with van der Waals surface area (Å²) in [5.41, 5.74) is 31.3. The second-order valence-corrected chi connectivity index (χ2v) is 28.9. The van der Waals surface area contributed by atoms with Gasteiger partial charge in [-0.3, -0.25) is 0 Å². The van der Waals surface area contributed by atoms with E-state index in [1.54, 1.807) is 0 Å². The van der Waals surface area contributed by atoms with Crippen LogP contribution in [0.15, 0.2) is 437 Å². The summed E-state index contributed by atoms with van der Waals surface area (Å²) in [6.07, 6.45) is 0. The van der Waals surface area contributed by atoms with Crippen molar-refractivity contribution in [1.29, 1.82) is 0 Å². The molecular formula is C106H72N6. The van der Waals surface area contributed by atoms with E-state index < -0.39 is 0 Å². The molecule has 0 saturated heterocycles. The van der Waals surface area contributed by atoms with E-state index in [4.69, 9.17) is 0 Å². The van der Waals surface area contributed by atoms with Crippen LogP contribution in [-0.4, -0.2) is 18.3 Å². The Morgan fingerprint density at radius 2 is 0.411 bits per heavy atom. The fourth-order valence-electron chi connectivity index (χ4n) is 17.0. The molecule has 0 spiro atoms. The van der Waals surface area contributed by atoms with E-state index in [1.165, 1.54) is 54.8 Å². The summed E-state index contributed by atoms with van der Waals surface area (Å²) >= 11 is 0. The van der Waals surface area contributed by atoms with Gasteiger partial charge in [-0.15, -0.1) is 0 Å². The van der Waals surface area contributed by atoms with E-state index in [9.17, 15) is 0 Å². The summed E-state index contributed by atoms with van der Waals surface area (Å²) in [6.45, 7) is 0. The summed E-state index contributed by atoms with van der Waals surface area (Å²) in [4.78, 5) is 4.81. The lowest BCUT2D eigenvalue weighted by Crippen LogP contribution is -2.10. The molecule has 6 heteroatoms. The van der Waals surface area contributed by atoms with Crippen molar-refractivity contribution in [3.05, 3.63) is 437 Å². The van der Waals surface area contributed by atoms with Crippen LogP contribution in [0.1, 0.15) is 0 Å². The zero-order valence-electron chi connectivity index (χ0n) is 61.3. The van der Waals surface area contributed by atoms with E-state index in [0.717, 1.165) is 134 Å². The molecule has 4 aromatic heterocycles. The first-order valence-electron chi connectivity index (χ1n) is 38.4. The number of rotatable bonds is 16. The molecule has 0 atom stereocenters. The Bertz CT molecular complexity index is 6620. The van der Waals surface area contributed by atoms with Crippen LogP contribution in [0.5, 0.6) is 0 Å². The minimum atomic E-state index is 1.04. The highest BCUT2D eigenvalue weighted by atomic mass is 15.2. The lowest BCUT2D eigenvalue weighted by Gasteiger charge is -2.26. The number of hydrogen-bond donors (Lipinski definition) is 0. The number of hydrogen-bond acceptors (Lipinski definition) is 2. The summed E-state index contributed by atoms with van der Waals surface area (Å²) < 4.78 is 9.73. The Morgan fingerprint density at radius 1 is 0.143 bits per heavy atom. The summed E-state index contributed by atoms with van der Waals surface area (Å²) in [7, 11) is 0. The molecule has 4 heterocycles. The largest absolute Gasteiger partial charge is 0.310 e. The van der Waals surface area contributed by atoms with E-state index in [0.29, 0.717) is 0 Å². The van der Waals surface area contributed by atoms with Crippen molar-refractivity contribution in [3.63, 3.8) is 0 Å². The lowest BCUT2D eigenvalue weighted by molar-refractivity contribution is 1.13. The van der Waals surface area contributed by atoms with Gasteiger partial charge in [0, 0.05) is 89.2 Å². The van der Waals surface area contributed by atoms with Gasteiger partial charge in [0.05, 0.1) is 44.5 Å². The van der Waals surface area contributed by atoms with Crippen LogP contribution in [0.4, 0.5) is 34.1 Å². The van der Waals surface area contributed by atoms with Crippen LogP contribution in [0.2, 0.25) is 0 Å². The third-order valence-electron chi connectivity index (χ3n) is 22.3. The molecule has 0 unspecified atom stereocenters. The molecule has 21 rings (SSSR count). The van der Waals surface area contributed by atoms with Crippen LogP contribution in [0.3, 0.4) is 0 Å². The van der Waals surface area contributed by atoms with Crippen molar-refractivity contribution in [2.24, 2.45) is 0 Å². The minimum Gasteiger partial charge on any atom is -0.310 e. The maximum atomic E-state index is 2.48. The number of aromatic nitrogens is 4. The van der Waals surface area contributed by atoms with Gasteiger partial charge in [-0.25, -0.2) is 0 Å². The second kappa shape index (κ2) is 27.7. The highest BCUT2D eigenvalue weighted by Gasteiger charge is 2.24. The van der Waals surface area contributed by atoms with Gasteiger partial charge in [0.15, 0.2) is 0 Å². The molecule has 0 radical (unpaired) electrons. The Morgan fingerprint density at radius 3 is 0.777 bits per heavy atom. The van der Waals surface area contributed by atoms with Gasteiger partial charge in [0.1, 0.15) is 0 Å². The normalized spacial score (nSPS) is 11.6. The number of fused-ring (bicyclic) bond motifs is 8. The molecule has 526 valence electrons. The van der Waals surface area contributed by atoms with Crippen LogP contribution in [0, 0.1) is 0 Å². The third kappa shape index (κ3) is 11.6. The molecule has 0 bridgehead atoms. The Balaban J connectivity index is 0.731. The molecule has 0 N–H and O–H groups in total. The molecule has 0 amide bonds. The zero-order valence-corrected chi connectivity index (χ0v) is 61.3. The molecule has 0 fully saturated rings. The molecule has 0 aliphatic carbocycles. The summed E-state index contributed by atoms with van der Waals surface area (Å²) in [6, 6.07) is 160. The smallest absolute Gasteiger partial charge is 0.0542 e. The minimum absolute atomic E-state index is 1.04. The Kier molecular flexibility index (Phi) is 16.1. The first-order chi connectivity index (χ1) is 55.5. The highest BCUT2D eigenvalue weighted by molar-refractivity contribution is 6.12. The van der Waals surface area contributed by atoms with Crippen molar-refractivity contribution in [1.82, 2.24) is 18.3 Å². The lowest BCUT2D eigenvalue weighted by atomic mass is 10.0. The standard InChI is InChI=1S/C106H72N6/c1-7-25-73(26-8-1)77-45-49-87(50-46-77)107(93-61-63-101-97(71-93)95-41-19-21-43-99(95)109(101)85-37-15-5-16-38-85)89-53-57-91(58-54-89)111-103(81-35-23-33-79(65-81)75-29-11-3-12-30-75)67-83-70-106-84(69-105(83)111)68-104(82-36-24-34-80(66-82)76-31-13-4-14-32-76)112(106)92-59-55-90(56-60-92)108(88-51-47-78(48-52-88)74-27-9-2-10-28-74)94-62-64-102-98(72-94)96-42-20-22-44-100(96)110(102)86-39-17-6-18-40-86/h1-72H. The fourth-order valence-corrected chi connectivity index (χ4v) is 17.0. The van der Waals surface area contributed by atoms with Gasteiger partial charge in [-0.05, 0) is 238 Å². The van der Waals surface area contributed by atoms with Crippen molar-refractivity contribution in [3.8, 4) is 89.8 Å². The van der Waals surface area contributed by atoms with E-state index >= 15 is 0 Å². The number of anilines is 6. The SMILES string of the molecule is c1ccc(-c2ccc(N(c3ccc(-n4c(-c5cccc(-c6ccccc6)c5)cc5cc6c(cc(-c7cccc(-c8ccccc8)c7)n6-c6ccc(N(c7ccc(-c8ccccc8)cc7)c7ccc8c(c7)c7ccccc7n8-c7ccccc7)cc6)cc54)cc3)c3ccc4c(c3)c3ccccc3n4-c3ccccc3)cc2)cc1. The predicted octanol–water partition coefficient (Wildman–Crippen LogP) is 28.7. The Hall–Kier alpha value is -15.0. The summed E-state index contributed by atoms with van der Waals surface area (Å²) in [5.74, 6) is 0. The highest BCUT2D eigenvalue weighted by Crippen LogP contribution is 2.46. The molecule has 0 aliphatic heterocycles. The van der Waals surface area contributed by atoms with Gasteiger partial charge in [-0.2, -0.15) is 0 Å². The molecule has 21 aromatic rings. The van der Waals surface area contributed by atoms with Crippen molar-refractivity contribution >= 4 is 99.5 Å². The van der Waals surface area contributed by atoms with Gasteiger partial charge >= 0.3 is 0 Å². The second-order valence-electron chi connectivity index (χ2n) is 28.9. The number of benzene rings is 17. The maximum absolute atomic E-state index is 2.48. The van der Waals surface area contributed by atoms with Crippen LogP contribution in [0.25, 0.3) is 155 Å². The quantitative estimate of drug-likeness (QED) is 0.0964. The fraction of sp³-hybridized carbons (Fsp3) is 0. The van der Waals surface area contributed by atoms with Crippen LogP contribution >= 0.6 is 0 Å². The third-order valence-corrected chi connectivity index (χ3v) is 22.3. The van der Waals surface area contributed by atoms with E-state index in [1.807, 2.05) is 0 Å². The summed E-state index contributed by atoms with van der Waals surface area (Å²) in [5, 5.41) is 7.02. The van der Waals surface area contributed by atoms with E-state index in [-0.39, 0.29) is 0 Å². The van der Waals surface area contributed by atoms with Gasteiger partial charge in [-0.1, -0.05) is 255 Å². The topological polar surface area (TPSA) is 26.2 Å². The molecule has 112 heavy (non-hydrogen) atoms. The average molecular weight is 1430 g/mol. The zero-order chi connectivity index (χ0) is 74.0. The van der Waals surface area contributed by atoms with Gasteiger partial charge in [0.25, 0.3) is 0 Å². The van der Waals surface area contributed by atoms with Crippen molar-refractivity contribution < 1.29 is 0 Å². The van der Waals surface area contributed by atoms with Crippen LogP contribution < -0.4 is 9.80 Å². The van der Waals surface area contributed by atoms with Crippen molar-refractivity contribution in [2.45, 2.75) is 0 Å². The van der Waals surface area contributed by atoms with Gasteiger partial charge < -0.3 is 28.1 Å².